The zero-order chi connectivity index (χ0) is 21.8. The number of allylic oxidation sites excluding steroid dienone is 4. The zero-order valence-corrected chi connectivity index (χ0v) is 18.2. The van der Waals surface area contributed by atoms with Crippen molar-refractivity contribution in [2.45, 2.75) is 89.9 Å². The highest BCUT2D eigenvalue weighted by atomic mass is 19.3. The van der Waals surface area contributed by atoms with Gasteiger partial charge in [0.2, 0.25) is 0 Å². The molecule has 0 aromatic heterocycles. The molecule has 1 fully saturated rings. The van der Waals surface area contributed by atoms with Crippen molar-refractivity contribution in [1.82, 2.24) is 0 Å². The van der Waals surface area contributed by atoms with Crippen LogP contribution < -0.4 is 0 Å². The van der Waals surface area contributed by atoms with E-state index in [-0.39, 0.29) is 12.0 Å². The lowest BCUT2D eigenvalue weighted by atomic mass is 9.72. The zero-order valence-electron chi connectivity index (χ0n) is 18.2. The standard InChI is InChI=1S/C26H34F4/c1-3-5-19-7-9-21(10-8-19)13-16-23-17-18-24(26(29,30)25(23,27)28)22-14-11-20(6-4-2)12-15-22/h7-10,17-18,20,22H,3-6,11-16H2,1-2H3. The van der Waals surface area contributed by atoms with Crippen LogP contribution in [0.4, 0.5) is 17.6 Å². The number of alkyl halides is 4. The summed E-state index contributed by atoms with van der Waals surface area (Å²) in [5.41, 5.74) is 1.30. The topological polar surface area (TPSA) is 0 Å². The summed E-state index contributed by atoms with van der Waals surface area (Å²) in [6.07, 6.45) is 9.98. The van der Waals surface area contributed by atoms with Gasteiger partial charge in [-0.2, -0.15) is 17.6 Å². The van der Waals surface area contributed by atoms with Gasteiger partial charge >= 0.3 is 11.8 Å². The lowest BCUT2D eigenvalue weighted by molar-refractivity contribution is -0.169. The van der Waals surface area contributed by atoms with Gasteiger partial charge in [0.25, 0.3) is 0 Å². The van der Waals surface area contributed by atoms with E-state index in [9.17, 15) is 17.6 Å². The number of rotatable bonds is 8. The molecule has 0 amide bonds. The summed E-state index contributed by atoms with van der Waals surface area (Å²) < 4.78 is 59.6. The van der Waals surface area contributed by atoms with Crippen molar-refractivity contribution in [3.63, 3.8) is 0 Å². The van der Waals surface area contributed by atoms with E-state index in [1.807, 2.05) is 24.3 Å². The summed E-state index contributed by atoms with van der Waals surface area (Å²) in [7, 11) is 0. The molecule has 0 saturated heterocycles. The van der Waals surface area contributed by atoms with Gasteiger partial charge in [-0.1, -0.05) is 69.5 Å². The van der Waals surface area contributed by atoms with E-state index in [0.29, 0.717) is 25.2 Å². The van der Waals surface area contributed by atoms with Crippen molar-refractivity contribution < 1.29 is 17.6 Å². The lowest BCUT2D eigenvalue weighted by Crippen LogP contribution is -2.47. The molecule has 0 atom stereocenters. The van der Waals surface area contributed by atoms with Crippen molar-refractivity contribution in [2.75, 3.05) is 0 Å². The molecule has 0 unspecified atom stereocenters. The summed E-state index contributed by atoms with van der Waals surface area (Å²) in [5, 5.41) is 0. The minimum atomic E-state index is -4.11. The van der Waals surface area contributed by atoms with Crippen molar-refractivity contribution in [1.29, 1.82) is 0 Å². The van der Waals surface area contributed by atoms with E-state index >= 15 is 0 Å². The maximum atomic E-state index is 14.9. The number of hydrogen-bond donors (Lipinski definition) is 0. The smallest absolute Gasteiger partial charge is 0.194 e. The van der Waals surface area contributed by atoms with Gasteiger partial charge in [0, 0.05) is 11.1 Å². The number of hydrogen-bond acceptors (Lipinski definition) is 0. The summed E-state index contributed by atoms with van der Waals surface area (Å²) in [4.78, 5) is 0. The van der Waals surface area contributed by atoms with Gasteiger partial charge < -0.3 is 0 Å². The predicted octanol–water partition coefficient (Wildman–Crippen LogP) is 8.32. The molecule has 2 aliphatic carbocycles. The third kappa shape index (κ3) is 4.84. The molecule has 0 N–H and O–H groups in total. The molecule has 30 heavy (non-hydrogen) atoms. The molecule has 1 saturated carbocycles. The second-order valence-electron chi connectivity index (χ2n) is 9.04. The average Bonchev–Trinajstić information content (AvgIpc) is 2.72. The molecule has 0 radical (unpaired) electrons. The number of benzene rings is 1. The molecule has 0 nitrogen and oxygen atoms in total. The first-order valence-corrected chi connectivity index (χ1v) is 11.5. The lowest BCUT2D eigenvalue weighted by Gasteiger charge is -2.39. The maximum Gasteiger partial charge on any atom is 0.336 e. The Labute approximate surface area is 178 Å². The van der Waals surface area contributed by atoms with E-state index in [2.05, 4.69) is 13.8 Å². The fraction of sp³-hybridized carbons (Fsp3) is 0.615. The highest BCUT2D eigenvalue weighted by Crippen LogP contribution is 2.52. The normalized spacial score (nSPS) is 25.5. The number of halogens is 4. The Balaban J connectivity index is 1.70. The molecule has 2 aliphatic rings. The van der Waals surface area contributed by atoms with Crippen LogP contribution in [0, 0.1) is 11.8 Å². The van der Waals surface area contributed by atoms with E-state index < -0.39 is 23.3 Å². The van der Waals surface area contributed by atoms with Crippen LogP contribution in [0.15, 0.2) is 47.6 Å². The minimum Gasteiger partial charge on any atom is -0.194 e. The maximum absolute atomic E-state index is 14.9. The Bertz CT molecular complexity index is 750. The average molecular weight is 423 g/mol. The van der Waals surface area contributed by atoms with Gasteiger partial charge in [-0.25, -0.2) is 0 Å². The van der Waals surface area contributed by atoms with Gasteiger partial charge in [-0.3, -0.25) is 0 Å². The summed E-state index contributed by atoms with van der Waals surface area (Å²) in [5.74, 6) is -8.08. The van der Waals surface area contributed by atoms with E-state index in [0.717, 1.165) is 44.1 Å². The van der Waals surface area contributed by atoms with Gasteiger partial charge in [0.05, 0.1) is 0 Å². The van der Waals surface area contributed by atoms with Crippen molar-refractivity contribution in [2.24, 2.45) is 11.8 Å². The van der Waals surface area contributed by atoms with Crippen LogP contribution in [0.1, 0.15) is 76.3 Å². The Kier molecular flexibility index (Phi) is 7.47. The van der Waals surface area contributed by atoms with Crippen LogP contribution in [0.3, 0.4) is 0 Å². The van der Waals surface area contributed by atoms with Crippen molar-refractivity contribution >= 4 is 0 Å². The van der Waals surface area contributed by atoms with Gasteiger partial charge in [-0.05, 0) is 67.9 Å². The fourth-order valence-corrected chi connectivity index (χ4v) is 5.03. The third-order valence-corrected chi connectivity index (χ3v) is 6.85. The predicted molar refractivity (Wildman–Crippen MR) is 115 cm³/mol. The molecule has 166 valence electrons. The van der Waals surface area contributed by atoms with Crippen LogP contribution >= 0.6 is 0 Å². The van der Waals surface area contributed by atoms with E-state index in [1.54, 1.807) is 0 Å². The molecule has 0 heterocycles. The van der Waals surface area contributed by atoms with Crippen molar-refractivity contribution in [3.8, 4) is 0 Å². The molecule has 0 spiro atoms. The minimum absolute atomic E-state index is 0.0528. The molecule has 4 heteroatoms. The molecular weight excluding hydrogens is 388 g/mol. The Morgan fingerprint density at radius 3 is 1.90 bits per heavy atom. The molecule has 0 bridgehead atoms. The summed E-state index contributed by atoms with van der Waals surface area (Å²) in [6, 6.07) is 7.82. The monoisotopic (exact) mass is 422 g/mol. The number of aryl methyl sites for hydroxylation is 2. The van der Waals surface area contributed by atoms with E-state index in [1.165, 1.54) is 17.7 Å². The summed E-state index contributed by atoms with van der Waals surface area (Å²) >= 11 is 0. The molecular formula is C26H34F4. The first-order chi connectivity index (χ1) is 14.3. The van der Waals surface area contributed by atoms with Crippen LogP contribution in [0.5, 0.6) is 0 Å². The first kappa shape index (κ1) is 23.1. The van der Waals surface area contributed by atoms with Crippen LogP contribution in [0.25, 0.3) is 0 Å². The second-order valence-corrected chi connectivity index (χ2v) is 9.04. The van der Waals surface area contributed by atoms with Gasteiger partial charge in [-0.15, -0.1) is 0 Å². The SMILES string of the molecule is CCCc1ccc(CCC2=CC=C(C3CCC(CCC)CC3)C(F)(F)C2(F)F)cc1. The molecule has 3 rings (SSSR count). The van der Waals surface area contributed by atoms with Gasteiger partial charge in [0.15, 0.2) is 0 Å². The first-order valence-electron chi connectivity index (χ1n) is 11.5. The highest BCUT2D eigenvalue weighted by molar-refractivity contribution is 5.39. The Hall–Kier alpha value is -1.58. The third-order valence-electron chi connectivity index (χ3n) is 6.85. The highest BCUT2D eigenvalue weighted by Gasteiger charge is 2.62. The quantitative estimate of drug-likeness (QED) is 0.370. The molecule has 0 aliphatic heterocycles. The summed E-state index contributed by atoms with van der Waals surface area (Å²) in [6.45, 7) is 4.22. The molecule has 1 aromatic carbocycles. The van der Waals surface area contributed by atoms with Crippen LogP contribution in [-0.2, 0) is 12.8 Å². The fourth-order valence-electron chi connectivity index (χ4n) is 5.03. The Morgan fingerprint density at radius 2 is 1.33 bits per heavy atom. The Morgan fingerprint density at radius 1 is 0.733 bits per heavy atom. The van der Waals surface area contributed by atoms with Crippen LogP contribution in [-0.4, -0.2) is 11.8 Å². The molecule has 1 aromatic rings. The van der Waals surface area contributed by atoms with Crippen LogP contribution in [0.2, 0.25) is 0 Å². The van der Waals surface area contributed by atoms with Gasteiger partial charge in [0.1, 0.15) is 0 Å². The largest absolute Gasteiger partial charge is 0.336 e. The van der Waals surface area contributed by atoms with E-state index in [4.69, 9.17) is 0 Å². The van der Waals surface area contributed by atoms with Crippen molar-refractivity contribution in [3.05, 3.63) is 58.7 Å². The second kappa shape index (κ2) is 9.70.